The van der Waals surface area contributed by atoms with Crippen molar-refractivity contribution in [3.63, 3.8) is 0 Å². The van der Waals surface area contributed by atoms with Gasteiger partial charge in [-0.25, -0.2) is 4.79 Å². The summed E-state index contributed by atoms with van der Waals surface area (Å²) in [7, 11) is 3.69. The van der Waals surface area contributed by atoms with Crippen molar-refractivity contribution in [3.05, 3.63) is 44.6 Å². The maximum atomic E-state index is 10.2. The molecule has 0 radical (unpaired) electrons. The third kappa shape index (κ3) is 4.64. The summed E-state index contributed by atoms with van der Waals surface area (Å²) < 4.78 is 0. The highest BCUT2D eigenvalue weighted by atomic mass is 33.1. The van der Waals surface area contributed by atoms with E-state index in [4.69, 9.17) is 0 Å². The smallest absolute Gasteiger partial charge is 0.314 e. The van der Waals surface area contributed by atoms with E-state index in [2.05, 4.69) is 16.5 Å². The first-order chi connectivity index (χ1) is 6.29. The quantitative estimate of drug-likeness (QED) is 0.634. The molecule has 0 aliphatic carbocycles. The fourth-order valence-electron chi connectivity index (χ4n) is 0.579. The van der Waals surface area contributed by atoms with E-state index in [0.29, 0.717) is 0 Å². The van der Waals surface area contributed by atoms with Gasteiger partial charge in [0.2, 0.25) is 0 Å². The van der Waals surface area contributed by atoms with Crippen molar-refractivity contribution in [2.75, 3.05) is 5.75 Å². The van der Waals surface area contributed by atoms with E-state index >= 15 is 0 Å². The zero-order valence-corrected chi connectivity index (χ0v) is 8.28. The molecule has 0 unspecified atom stereocenters. The average molecular weight is 216 g/mol. The second kappa shape index (κ2) is 5.71. The Morgan fingerprint density at radius 1 is 1.38 bits per heavy atom. The van der Waals surface area contributed by atoms with Crippen molar-refractivity contribution in [3.8, 4) is 0 Å². The molecule has 0 spiro atoms. The van der Waals surface area contributed by atoms with Gasteiger partial charge in [-0.15, -0.1) is 0 Å². The number of H-pyrrole nitrogens is 2. The average Bonchev–Trinajstić information content (AvgIpc) is 2.59. The third-order valence-electron chi connectivity index (χ3n) is 1.07. The first kappa shape index (κ1) is 10.2. The SMILES string of the molecule is C1=CSSC1.O=c1cc[nH]c(=O)[nH]1. The molecular formula is C7H8N2O2S2. The highest BCUT2D eigenvalue weighted by Crippen LogP contribution is 2.27. The van der Waals surface area contributed by atoms with Crippen LogP contribution in [0, 0.1) is 0 Å². The monoisotopic (exact) mass is 216 g/mol. The molecular weight excluding hydrogens is 208 g/mol. The summed E-state index contributed by atoms with van der Waals surface area (Å²) in [5.41, 5.74) is -0.855. The van der Waals surface area contributed by atoms with Gasteiger partial charge in [0.25, 0.3) is 5.56 Å². The van der Waals surface area contributed by atoms with E-state index < -0.39 is 5.69 Å². The number of rotatable bonds is 0. The summed E-state index contributed by atoms with van der Waals surface area (Å²) in [6, 6.07) is 1.24. The third-order valence-corrected chi connectivity index (χ3v) is 2.99. The summed E-state index contributed by atoms with van der Waals surface area (Å²) in [4.78, 5) is 24.7. The van der Waals surface area contributed by atoms with Crippen LogP contribution >= 0.6 is 21.6 Å². The first-order valence-corrected chi connectivity index (χ1v) is 5.88. The Labute approximate surface area is 82.2 Å². The van der Waals surface area contributed by atoms with Gasteiger partial charge in [-0.2, -0.15) is 0 Å². The van der Waals surface area contributed by atoms with Crippen LogP contribution in [0.2, 0.25) is 0 Å². The van der Waals surface area contributed by atoms with Crippen LogP contribution in [-0.4, -0.2) is 15.7 Å². The molecule has 2 rings (SSSR count). The maximum absolute atomic E-state index is 10.2. The van der Waals surface area contributed by atoms with Gasteiger partial charge in [-0.1, -0.05) is 27.7 Å². The molecule has 2 heterocycles. The van der Waals surface area contributed by atoms with Crippen LogP contribution in [0.3, 0.4) is 0 Å². The first-order valence-electron chi connectivity index (χ1n) is 3.50. The lowest BCUT2D eigenvalue weighted by atomic mass is 10.7. The van der Waals surface area contributed by atoms with Crippen molar-refractivity contribution in [2.45, 2.75) is 0 Å². The Kier molecular flexibility index (Phi) is 4.48. The van der Waals surface area contributed by atoms with Gasteiger partial charge in [0.05, 0.1) is 0 Å². The van der Waals surface area contributed by atoms with E-state index in [1.807, 2.05) is 26.6 Å². The molecule has 0 saturated carbocycles. The highest BCUT2D eigenvalue weighted by molar-refractivity contribution is 8.78. The largest absolute Gasteiger partial charge is 0.325 e. The second-order valence-electron chi connectivity index (χ2n) is 2.05. The van der Waals surface area contributed by atoms with Gasteiger partial charge in [-0.05, 0) is 5.41 Å². The molecule has 0 aromatic carbocycles. The summed E-state index contributed by atoms with van der Waals surface area (Å²) in [5, 5.41) is 2.12. The maximum Gasteiger partial charge on any atom is 0.325 e. The molecule has 0 saturated heterocycles. The Morgan fingerprint density at radius 3 is 2.54 bits per heavy atom. The molecule has 0 atom stereocenters. The van der Waals surface area contributed by atoms with Crippen molar-refractivity contribution in [1.82, 2.24) is 9.97 Å². The van der Waals surface area contributed by atoms with Gasteiger partial charge >= 0.3 is 5.69 Å². The van der Waals surface area contributed by atoms with Gasteiger partial charge in [0.15, 0.2) is 0 Å². The van der Waals surface area contributed by atoms with Crippen LogP contribution in [-0.2, 0) is 0 Å². The van der Waals surface area contributed by atoms with E-state index in [1.54, 1.807) is 0 Å². The van der Waals surface area contributed by atoms with Crippen LogP contribution in [0.25, 0.3) is 0 Å². The Bertz CT molecular complexity index is 351. The minimum absolute atomic E-state index is 0.381. The molecule has 2 N–H and O–H groups in total. The van der Waals surface area contributed by atoms with Gasteiger partial charge in [-0.3, -0.25) is 9.78 Å². The lowest BCUT2D eigenvalue weighted by molar-refractivity contribution is 1.04. The van der Waals surface area contributed by atoms with Crippen LogP contribution < -0.4 is 11.2 Å². The summed E-state index contributed by atoms with van der Waals surface area (Å²) in [6.07, 6.45) is 3.45. The van der Waals surface area contributed by atoms with E-state index in [-0.39, 0.29) is 5.56 Å². The number of hydrogen-bond acceptors (Lipinski definition) is 4. The van der Waals surface area contributed by atoms with Crippen molar-refractivity contribution in [2.24, 2.45) is 0 Å². The number of aromatic amines is 2. The molecule has 1 aliphatic rings. The summed E-state index contributed by atoms with van der Waals surface area (Å²) in [5.74, 6) is 1.20. The van der Waals surface area contributed by atoms with Crippen molar-refractivity contribution in [1.29, 1.82) is 0 Å². The normalized spacial score (nSPS) is 13.5. The predicted octanol–water partition coefficient (Wildman–Crippen LogP) is 0.958. The van der Waals surface area contributed by atoms with E-state index in [9.17, 15) is 9.59 Å². The van der Waals surface area contributed by atoms with Crippen molar-refractivity contribution >= 4 is 21.6 Å². The lowest BCUT2D eigenvalue weighted by Gasteiger charge is -1.75. The van der Waals surface area contributed by atoms with Crippen LogP contribution in [0.5, 0.6) is 0 Å². The number of hydrogen-bond donors (Lipinski definition) is 2. The van der Waals surface area contributed by atoms with Crippen LogP contribution in [0.15, 0.2) is 33.3 Å². The fourth-order valence-corrected chi connectivity index (χ4v) is 2.15. The topological polar surface area (TPSA) is 65.7 Å². The molecule has 70 valence electrons. The zero-order chi connectivity index (χ0) is 9.52. The molecule has 6 heteroatoms. The van der Waals surface area contributed by atoms with Crippen molar-refractivity contribution < 1.29 is 0 Å². The Hall–Kier alpha value is -0.880. The minimum atomic E-state index is -0.475. The minimum Gasteiger partial charge on any atom is -0.314 e. The molecule has 0 bridgehead atoms. The molecule has 13 heavy (non-hydrogen) atoms. The predicted molar refractivity (Wildman–Crippen MR) is 56.9 cm³/mol. The molecule has 4 nitrogen and oxygen atoms in total. The summed E-state index contributed by atoms with van der Waals surface area (Å²) >= 11 is 0. The number of aromatic nitrogens is 2. The fraction of sp³-hybridized carbons (Fsp3) is 0.143. The number of nitrogens with one attached hydrogen (secondary N) is 2. The van der Waals surface area contributed by atoms with Gasteiger partial charge in [0, 0.05) is 18.0 Å². The highest BCUT2D eigenvalue weighted by Gasteiger charge is 1.85. The lowest BCUT2D eigenvalue weighted by Crippen LogP contribution is -2.19. The van der Waals surface area contributed by atoms with Crippen LogP contribution in [0.1, 0.15) is 0 Å². The van der Waals surface area contributed by atoms with E-state index in [1.165, 1.54) is 18.0 Å². The molecule has 0 amide bonds. The van der Waals surface area contributed by atoms with Gasteiger partial charge in [0.1, 0.15) is 0 Å². The second-order valence-corrected chi connectivity index (χ2v) is 4.37. The zero-order valence-electron chi connectivity index (χ0n) is 6.65. The Balaban J connectivity index is 0.000000145. The molecule has 1 aromatic rings. The standard InChI is InChI=1S/C4H4N2O2.C3H4S2/c7-3-1-2-5-4(8)6-3;1-2-4-5-3-1/h1-2H,(H2,5,6,7,8);1-2H,3H2. The van der Waals surface area contributed by atoms with Crippen LogP contribution in [0.4, 0.5) is 0 Å². The van der Waals surface area contributed by atoms with Gasteiger partial charge < -0.3 is 4.98 Å². The molecule has 1 aromatic heterocycles. The summed E-state index contributed by atoms with van der Waals surface area (Å²) in [6.45, 7) is 0. The van der Waals surface area contributed by atoms with E-state index in [0.717, 1.165) is 0 Å². The molecule has 0 fully saturated rings. The Morgan fingerprint density at radius 2 is 2.23 bits per heavy atom. The molecule has 1 aliphatic heterocycles.